The van der Waals surface area contributed by atoms with Crippen molar-refractivity contribution in [2.75, 3.05) is 0 Å². The fourth-order valence-corrected chi connectivity index (χ4v) is 3.24. The van der Waals surface area contributed by atoms with Crippen LogP contribution in [0.4, 0.5) is 0 Å². The van der Waals surface area contributed by atoms with Crippen molar-refractivity contribution in [3.05, 3.63) is 102 Å². The summed E-state index contributed by atoms with van der Waals surface area (Å²) in [6, 6.07) is 21.7. The quantitative estimate of drug-likeness (QED) is 0.566. The highest BCUT2D eigenvalue weighted by Crippen LogP contribution is 2.34. The number of nitrogens with zero attached hydrogens (tertiary/aromatic N) is 2. The summed E-state index contributed by atoms with van der Waals surface area (Å²) < 4.78 is 0. The third-order valence-electron chi connectivity index (χ3n) is 4.62. The van der Waals surface area contributed by atoms with Crippen LogP contribution in [0.15, 0.2) is 79.0 Å². The van der Waals surface area contributed by atoms with Crippen molar-refractivity contribution >= 4 is 16.8 Å². The Morgan fingerprint density at radius 1 is 0.964 bits per heavy atom. The molecule has 4 aromatic rings. The summed E-state index contributed by atoms with van der Waals surface area (Å²) in [6.07, 6.45) is 1.64. The van der Waals surface area contributed by atoms with Crippen molar-refractivity contribution < 1.29 is 9.90 Å². The first-order valence-corrected chi connectivity index (χ1v) is 8.99. The van der Waals surface area contributed by atoms with Crippen LogP contribution in [0.2, 0.25) is 0 Å². The molecule has 0 saturated heterocycles. The van der Waals surface area contributed by atoms with Gasteiger partial charge in [-0.1, -0.05) is 54.6 Å². The SMILES string of the molecule is Cc1cccc(C(=O)NC(c2ccccc2)c2ccc3cccnc3c2O)n1. The number of hydrogen-bond acceptors (Lipinski definition) is 4. The maximum absolute atomic E-state index is 12.9. The average Bonchev–Trinajstić information content (AvgIpc) is 2.73. The molecular weight excluding hydrogens is 350 g/mol. The van der Waals surface area contributed by atoms with Gasteiger partial charge in [-0.15, -0.1) is 0 Å². The molecule has 0 radical (unpaired) electrons. The molecule has 28 heavy (non-hydrogen) atoms. The number of aromatic nitrogens is 2. The molecule has 138 valence electrons. The number of fused-ring (bicyclic) bond motifs is 1. The van der Waals surface area contributed by atoms with Gasteiger partial charge in [0.05, 0.1) is 6.04 Å². The predicted molar refractivity (Wildman–Crippen MR) is 108 cm³/mol. The molecule has 1 amide bonds. The summed E-state index contributed by atoms with van der Waals surface area (Å²) in [6.45, 7) is 1.84. The van der Waals surface area contributed by atoms with Gasteiger partial charge in [0.25, 0.3) is 5.91 Å². The fraction of sp³-hybridized carbons (Fsp3) is 0.0870. The van der Waals surface area contributed by atoms with E-state index in [4.69, 9.17) is 0 Å². The number of phenolic OH excluding ortho intramolecular Hbond substituents is 1. The largest absolute Gasteiger partial charge is 0.505 e. The standard InChI is InChI=1S/C23H19N3O2/c1-15-7-5-11-19(25-15)23(28)26-20(16-8-3-2-4-9-16)18-13-12-17-10-6-14-24-21(17)22(18)27/h2-14,20,27H,1H3,(H,26,28). The van der Waals surface area contributed by atoms with Crippen molar-refractivity contribution in [2.24, 2.45) is 0 Å². The van der Waals surface area contributed by atoms with Crippen LogP contribution in [-0.4, -0.2) is 21.0 Å². The molecule has 2 aromatic heterocycles. The first kappa shape index (κ1) is 17.7. The number of phenols is 1. The van der Waals surface area contributed by atoms with E-state index in [-0.39, 0.29) is 11.7 Å². The molecule has 0 fully saturated rings. The summed E-state index contributed by atoms with van der Waals surface area (Å²) in [4.78, 5) is 21.4. The Labute approximate surface area is 162 Å². The second kappa shape index (κ2) is 7.48. The van der Waals surface area contributed by atoms with Gasteiger partial charge in [0.1, 0.15) is 17.0 Å². The summed E-state index contributed by atoms with van der Waals surface area (Å²) in [5, 5.41) is 14.7. The van der Waals surface area contributed by atoms with E-state index in [0.717, 1.165) is 16.6 Å². The minimum atomic E-state index is -0.539. The molecule has 0 saturated carbocycles. The zero-order valence-electron chi connectivity index (χ0n) is 15.3. The van der Waals surface area contributed by atoms with Gasteiger partial charge in [0.15, 0.2) is 0 Å². The number of nitrogens with one attached hydrogen (secondary N) is 1. The number of aryl methyl sites for hydroxylation is 1. The highest BCUT2D eigenvalue weighted by atomic mass is 16.3. The smallest absolute Gasteiger partial charge is 0.270 e. The highest BCUT2D eigenvalue weighted by Gasteiger charge is 2.22. The van der Waals surface area contributed by atoms with E-state index in [1.165, 1.54) is 0 Å². The first-order valence-electron chi connectivity index (χ1n) is 8.99. The van der Waals surface area contributed by atoms with Gasteiger partial charge in [-0.25, -0.2) is 4.98 Å². The minimum Gasteiger partial charge on any atom is -0.505 e. The molecule has 4 rings (SSSR count). The lowest BCUT2D eigenvalue weighted by Gasteiger charge is -2.21. The average molecular weight is 369 g/mol. The number of pyridine rings is 2. The fourth-order valence-electron chi connectivity index (χ4n) is 3.24. The van der Waals surface area contributed by atoms with Gasteiger partial charge in [0, 0.05) is 22.8 Å². The Morgan fingerprint density at radius 3 is 2.57 bits per heavy atom. The van der Waals surface area contributed by atoms with Crippen LogP contribution in [0.1, 0.15) is 33.4 Å². The second-order valence-electron chi connectivity index (χ2n) is 6.56. The summed E-state index contributed by atoms with van der Waals surface area (Å²) in [5.74, 6) is -0.248. The topological polar surface area (TPSA) is 75.1 Å². The van der Waals surface area contributed by atoms with Gasteiger partial charge >= 0.3 is 0 Å². The summed E-state index contributed by atoms with van der Waals surface area (Å²) in [5.41, 5.74) is 3.04. The Balaban J connectivity index is 1.79. The van der Waals surface area contributed by atoms with Crippen molar-refractivity contribution in [1.29, 1.82) is 0 Å². The van der Waals surface area contributed by atoms with Crippen LogP contribution in [-0.2, 0) is 0 Å². The lowest BCUT2D eigenvalue weighted by Crippen LogP contribution is -2.30. The van der Waals surface area contributed by atoms with Gasteiger partial charge in [-0.2, -0.15) is 0 Å². The van der Waals surface area contributed by atoms with Gasteiger partial charge in [-0.05, 0) is 30.7 Å². The lowest BCUT2D eigenvalue weighted by atomic mass is 9.96. The molecule has 2 heterocycles. The maximum atomic E-state index is 12.9. The minimum absolute atomic E-state index is 0.0597. The Kier molecular flexibility index (Phi) is 4.72. The van der Waals surface area contributed by atoms with Crippen LogP contribution in [0.3, 0.4) is 0 Å². The van der Waals surface area contributed by atoms with E-state index in [0.29, 0.717) is 16.8 Å². The molecular formula is C23H19N3O2. The number of hydrogen-bond donors (Lipinski definition) is 2. The van der Waals surface area contributed by atoms with E-state index in [2.05, 4.69) is 15.3 Å². The molecule has 2 aromatic carbocycles. The molecule has 0 aliphatic carbocycles. The highest BCUT2D eigenvalue weighted by molar-refractivity contribution is 5.93. The zero-order valence-corrected chi connectivity index (χ0v) is 15.3. The normalized spacial score (nSPS) is 11.9. The van der Waals surface area contributed by atoms with E-state index >= 15 is 0 Å². The Morgan fingerprint density at radius 2 is 1.79 bits per heavy atom. The van der Waals surface area contributed by atoms with Crippen molar-refractivity contribution in [1.82, 2.24) is 15.3 Å². The van der Waals surface area contributed by atoms with Crippen molar-refractivity contribution in [3.8, 4) is 5.75 Å². The molecule has 5 nitrogen and oxygen atoms in total. The number of carbonyl (C=O) groups is 1. The number of rotatable bonds is 4. The van der Waals surface area contributed by atoms with Crippen LogP contribution in [0.25, 0.3) is 10.9 Å². The molecule has 2 N–H and O–H groups in total. The zero-order chi connectivity index (χ0) is 19.5. The van der Waals surface area contributed by atoms with Crippen LogP contribution in [0, 0.1) is 6.92 Å². The molecule has 0 aliphatic heterocycles. The number of benzene rings is 2. The lowest BCUT2D eigenvalue weighted by molar-refractivity contribution is 0.0937. The van der Waals surface area contributed by atoms with E-state index in [1.807, 2.05) is 67.6 Å². The molecule has 0 aliphatic rings. The Bertz CT molecular complexity index is 1140. The van der Waals surface area contributed by atoms with Crippen LogP contribution >= 0.6 is 0 Å². The van der Waals surface area contributed by atoms with E-state index in [1.54, 1.807) is 18.3 Å². The van der Waals surface area contributed by atoms with Crippen molar-refractivity contribution in [2.45, 2.75) is 13.0 Å². The molecule has 5 heteroatoms. The third kappa shape index (κ3) is 3.42. The Hall–Kier alpha value is -3.73. The van der Waals surface area contributed by atoms with Gasteiger partial charge < -0.3 is 10.4 Å². The van der Waals surface area contributed by atoms with Gasteiger partial charge in [0.2, 0.25) is 0 Å². The first-order chi connectivity index (χ1) is 13.6. The number of amides is 1. The summed E-state index contributed by atoms with van der Waals surface area (Å²) in [7, 11) is 0. The number of aromatic hydroxyl groups is 1. The van der Waals surface area contributed by atoms with Gasteiger partial charge in [-0.3, -0.25) is 9.78 Å². The van der Waals surface area contributed by atoms with Crippen molar-refractivity contribution in [3.63, 3.8) is 0 Å². The molecule has 1 atom stereocenters. The van der Waals surface area contributed by atoms with E-state index in [9.17, 15) is 9.90 Å². The molecule has 0 spiro atoms. The van der Waals surface area contributed by atoms with Crippen LogP contribution in [0.5, 0.6) is 5.75 Å². The molecule has 1 unspecified atom stereocenters. The predicted octanol–water partition coefficient (Wildman–Crippen LogP) is 4.16. The number of carbonyl (C=O) groups excluding carboxylic acids is 1. The van der Waals surface area contributed by atoms with Crippen LogP contribution < -0.4 is 5.32 Å². The maximum Gasteiger partial charge on any atom is 0.270 e. The third-order valence-corrected chi connectivity index (χ3v) is 4.62. The molecule has 0 bridgehead atoms. The monoisotopic (exact) mass is 369 g/mol. The second-order valence-corrected chi connectivity index (χ2v) is 6.56. The van der Waals surface area contributed by atoms with E-state index < -0.39 is 6.04 Å². The summed E-state index contributed by atoms with van der Waals surface area (Å²) >= 11 is 0.